The predicted octanol–water partition coefficient (Wildman–Crippen LogP) is 3.62. The van der Waals surface area contributed by atoms with Crippen LogP contribution in [0.5, 0.6) is 0 Å². The number of rotatable bonds is 6. The normalized spacial score (nSPS) is 12.7. The van der Waals surface area contributed by atoms with Gasteiger partial charge in [-0.1, -0.05) is 23.7 Å². The number of sulfonamides is 2. The van der Waals surface area contributed by atoms with Crippen molar-refractivity contribution in [3.63, 3.8) is 0 Å². The summed E-state index contributed by atoms with van der Waals surface area (Å²) in [5.74, 6) is 0. The van der Waals surface area contributed by atoms with Crippen molar-refractivity contribution in [3.05, 3.63) is 63.5 Å². The quantitative estimate of drug-likeness (QED) is 0.761. The van der Waals surface area contributed by atoms with E-state index in [1.54, 1.807) is 38.1 Å². The predicted molar refractivity (Wildman–Crippen MR) is 110 cm³/mol. The zero-order chi connectivity index (χ0) is 20.4. The van der Waals surface area contributed by atoms with Gasteiger partial charge in [0.15, 0.2) is 0 Å². The van der Waals surface area contributed by atoms with E-state index in [9.17, 15) is 16.8 Å². The van der Waals surface area contributed by atoms with Crippen molar-refractivity contribution in [1.29, 1.82) is 0 Å². The van der Waals surface area contributed by atoms with Crippen molar-refractivity contribution in [2.45, 2.75) is 18.7 Å². The molecule has 6 nitrogen and oxygen atoms in total. The summed E-state index contributed by atoms with van der Waals surface area (Å²) in [6, 6.07) is 9.54. The summed E-state index contributed by atoms with van der Waals surface area (Å²) in [5, 5.41) is 1.58. The molecule has 0 aliphatic carbocycles. The van der Waals surface area contributed by atoms with Crippen LogP contribution in [-0.2, 0) is 20.0 Å². The summed E-state index contributed by atoms with van der Waals surface area (Å²) in [5.41, 5.74) is 2.20. The number of anilines is 1. The van der Waals surface area contributed by atoms with E-state index in [4.69, 9.17) is 11.6 Å². The molecule has 0 saturated carbocycles. The van der Waals surface area contributed by atoms with Gasteiger partial charge < -0.3 is 0 Å². The molecule has 0 spiro atoms. The first-order valence-corrected chi connectivity index (χ1v) is 11.3. The average Bonchev–Trinajstić information content (AvgIpc) is 2.58. The largest absolute Gasteiger partial charge is 0.280 e. The minimum absolute atomic E-state index is 0.0231. The average molecular weight is 429 g/mol. The van der Waals surface area contributed by atoms with Crippen LogP contribution in [0.25, 0.3) is 6.08 Å². The Balaban J connectivity index is 2.37. The molecular formula is C18H21ClN2O4S2. The number of hydrogen-bond acceptors (Lipinski definition) is 4. The van der Waals surface area contributed by atoms with Gasteiger partial charge in [-0.05, 0) is 60.9 Å². The van der Waals surface area contributed by atoms with Gasteiger partial charge in [0, 0.05) is 19.1 Å². The van der Waals surface area contributed by atoms with Gasteiger partial charge in [-0.2, -0.15) is 0 Å². The summed E-state index contributed by atoms with van der Waals surface area (Å²) in [6.45, 7) is 3.45. The number of benzene rings is 2. The standard InChI is InChI=1S/C18H21ClN2O4S2/c1-13-11-17(27(24,25)21(3)4)12-18(14(13)2)20-26(22,23)10-9-15-5-7-16(19)8-6-15/h5-12,20H,1-4H3/b10-9+. The van der Waals surface area contributed by atoms with E-state index >= 15 is 0 Å². The number of nitrogens with zero attached hydrogens (tertiary/aromatic N) is 1. The molecule has 27 heavy (non-hydrogen) atoms. The highest BCUT2D eigenvalue weighted by Gasteiger charge is 2.20. The van der Waals surface area contributed by atoms with Crippen molar-refractivity contribution in [1.82, 2.24) is 4.31 Å². The number of nitrogens with one attached hydrogen (secondary N) is 1. The Kier molecular flexibility index (Phi) is 6.36. The van der Waals surface area contributed by atoms with Crippen LogP contribution in [0.1, 0.15) is 16.7 Å². The van der Waals surface area contributed by atoms with E-state index < -0.39 is 20.0 Å². The zero-order valence-corrected chi connectivity index (χ0v) is 17.8. The Morgan fingerprint density at radius 2 is 1.59 bits per heavy atom. The third kappa shape index (κ3) is 5.32. The van der Waals surface area contributed by atoms with Gasteiger partial charge in [0.1, 0.15) is 0 Å². The second-order valence-electron chi connectivity index (χ2n) is 6.20. The molecule has 1 N–H and O–H groups in total. The van der Waals surface area contributed by atoms with Crippen molar-refractivity contribution in [3.8, 4) is 0 Å². The SMILES string of the molecule is Cc1cc(S(=O)(=O)N(C)C)cc(NS(=O)(=O)/C=C/c2ccc(Cl)cc2)c1C. The van der Waals surface area contributed by atoms with Crippen LogP contribution in [0.4, 0.5) is 5.69 Å². The van der Waals surface area contributed by atoms with Gasteiger partial charge in [0.2, 0.25) is 10.0 Å². The first kappa shape index (κ1) is 21.4. The summed E-state index contributed by atoms with van der Waals surface area (Å²) in [4.78, 5) is 0.0231. The Morgan fingerprint density at radius 1 is 1.00 bits per heavy atom. The Bertz CT molecular complexity index is 1080. The molecule has 0 amide bonds. The lowest BCUT2D eigenvalue weighted by atomic mass is 10.1. The fourth-order valence-corrected chi connectivity index (χ4v) is 4.28. The summed E-state index contributed by atoms with van der Waals surface area (Å²) < 4.78 is 53.1. The number of aryl methyl sites for hydroxylation is 1. The Morgan fingerprint density at radius 3 is 2.15 bits per heavy atom. The van der Waals surface area contributed by atoms with Crippen LogP contribution in [0.2, 0.25) is 5.02 Å². The fraction of sp³-hybridized carbons (Fsp3) is 0.222. The maximum atomic E-state index is 12.4. The van der Waals surface area contributed by atoms with Crippen LogP contribution in [0.3, 0.4) is 0 Å². The molecule has 2 aromatic rings. The molecule has 0 heterocycles. The molecule has 0 aliphatic rings. The highest BCUT2D eigenvalue weighted by molar-refractivity contribution is 7.95. The smallest absolute Gasteiger partial charge is 0.255 e. The molecule has 2 rings (SSSR count). The lowest BCUT2D eigenvalue weighted by molar-refractivity contribution is 0.520. The van der Waals surface area contributed by atoms with Crippen LogP contribution < -0.4 is 4.72 Å². The van der Waals surface area contributed by atoms with Crippen LogP contribution in [0, 0.1) is 13.8 Å². The van der Waals surface area contributed by atoms with Crippen molar-refractivity contribution < 1.29 is 16.8 Å². The molecule has 0 radical (unpaired) electrons. The van der Waals surface area contributed by atoms with E-state index in [2.05, 4.69) is 4.72 Å². The van der Waals surface area contributed by atoms with Crippen molar-refractivity contribution >= 4 is 43.4 Å². The van der Waals surface area contributed by atoms with Crippen molar-refractivity contribution in [2.75, 3.05) is 18.8 Å². The topological polar surface area (TPSA) is 83.6 Å². The molecular weight excluding hydrogens is 408 g/mol. The first-order valence-electron chi connectivity index (χ1n) is 7.92. The minimum Gasteiger partial charge on any atom is -0.280 e. The maximum Gasteiger partial charge on any atom is 0.255 e. The molecule has 0 saturated heterocycles. The van der Waals surface area contributed by atoms with Crippen LogP contribution in [-0.4, -0.2) is 35.2 Å². The molecule has 9 heteroatoms. The van der Waals surface area contributed by atoms with E-state index in [1.165, 1.54) is 32.3 Å². The van der Waals surface area contributed by atoms with Gasteiger partial charge in [0.25, 0.3) is 10.0 Å². The Hall–Kier alpha value is -1.87. The molecule has 0 fully saturated rings. The summed E-state index contributed by atoms with van der Waals surface area (Å²) in [6.07, 6.45) is 1.43. The zero-order valence-electron chi connectivity index (χ0n) is 15.4. The first-order chi connectivity index (χ1) is 12.4. The van der Waals surface area contributed by atoms with E-state index in [-0.39, 0.29) is 10.6 Å². The van der Waals surface area contributed by atoms with Gasteiger partial charge in [-0.15, -0.1) is 0 Å². The monoisotopic (exact) mass is 428 g/mol. The van der Waals surface area contributed by atoms with Gasteiger partial charge in [-0.3, -0.25) is 4.72 Å². The summed E-state index contributed by atoms with van der Waals surface area (Å²) in [7, 11) is -4.68. The maximum absolute atomic E-state index is 12.4. The molecule has 0 atom stereocenters. The third-order valence-electron chi connectivity index (χ3n) is 3.98. The van der Waals surface area contributed by atoms with E-state index in [1.807, 2.05) is 0 Å². The highest BCUT2D eigenvalue weighted by Crippen LogP contribution is 2.26. The second-order valence-corrected chi connectivity index (χ2v) is 10.4. The van der Waals surface area contributed by atoms with E-state index in [0.717, 1.165) is 9.71 Å². The lowest BCUT2D eigenvalue weighted by Crippen LogP contribution is -2.22. The second kappa shape index (κ2) is 8.02. The molecule has 2 aromatic carbocycles. The molecule has 0 unspecified atom stereocenters. The van der Waals surface area contributed by atoms with E-state index in [0.29, 0.717) is 21.7 Å². The number of hydrogen-bond donors (Lipinski definition) is 1. The van der Waals surface area contributed by atoms with Crippen LogP contribution in [0.15, 0.2) is 46.7 Å². The molecule has 146 valence electrons. The third-order valence-corrected chi connectivity index (χ3v) is 7.02. The lowest BCUT2D eigenvalue weighted by Gasteiger charge is -2.16. The minimum atomic E-state index is -3.84. The molecule has 0 aromatic heterocycles. The highest BCUT2D eigenvalue weighted by atomic mass is 35.5. The van der Waals surface area contributed by atoms with Crippen molar-refractivity contribution in [2.24, 2.45) is 0 Å². The Labute approximate surface area is 165 Å². The molecule has 0 bridgehead atoms. The molecule has 0 aliphatic heterocycles. The van der Waals surface area contributed by atoms with Gasteiger partial charge in [0.05, 0.1) is 16.0 Å². The van der Waals surface area contributed by atoms with Gasteiger partial charge in [-0.25, -0.2) is 21.1 Å². The van der Waals surface area contributed by atoms with Crippen LogP contribution >= 0.6 is 11.6 Å². The fourth-order valence-electron chi connectivity index (χ4n) is 2.22. The number of halogens is 1. The van der Waals surface area contributed by atoms with Gasteiger partial charge >= 0.3 is 0 Å². The summed E-state index contributed by atoms with van der Waals surface area (Å²) >= 11 is 5.81.